The normalized spacial score (nSPS) is 17.7. The molecule has 3 aromatic rings. The second kappa shape index (κ2) is 40.5. The van der Waals surface area contributed by atoms with E-state index in [-0.39, 0.29) is 108 Å². The Hall–Kier alpha value is -8.08. The molecule has 7 N–H and O–H groups in total. The molecule has 2 aromatic carbocycles. The molecule has 0 radical (unpaired) electrons. The molecule has 6 rings (SSSR count). The smallest absolute Gasteiger partial charge is 0.317 e. The third-order valence-corrected chi connectivity index (χ3v) is 17.5. The highest BCUT2D eigenvalue weighted by Crippen LogP contribution is 2.32. The van der Waals surface area contributed by atoms with Crippen LogP contribution < -0.4 is 26.0 Å². The minimum absolute atomic E-state index is 0.0957. The molecule has 96 heavy (non-hydrogen) atoms. The fraction of sp³-hybridized carbons (Fsp3) is 0.618. The average molecular weight is 1340 g/mol. The van der Waals surface area contributed by atoms with Gasteiger partial charge in [-0.25, -0.2) is 8.78 Å². The summed E-state index contributed by atoms with van der Waals surface area (Å²) in [5, 5.41) is 40.8. The van der Waals surface area contributed by atoms with E-state index in [1.54, 1.807) is 44.7 Å². The molecule has 3 aliphatic heterocycles. The molecule has 6 amide bonds. The molecule has 3 fully saturated rings. The SMILES string of the molecule is C/N=C/[C@H]1CC(F)(F)CN1C(=O)CNC(=O)c1ccnc2ccc(OCCCCC3CCN(C(=O)CCCCCNC(=O)[C@H](CCCC/N=C(\C)NC(=O)CCCc4ccc(C)cc4)NC(=O)CN4CCN(CC(=O)O)CCN(CC(=O)O)CCN(CC(=O)O)CC4)CC3)cc12. The lowest BCUT2D eigenvalue weighted by Gasteiger charge is -2.33. The summed E-state index contributed by atoms with van der Waals surface area (Å²) in [5.74, 6) is -6.80. The van der Waals surface area contributed by atoms with Gasteiger partial charge in [0.2, 0.25) is 29.5 Å². The summed E-state index contributed by atoms with van der Waals surface area (Å²) in [6, 6.07) is 13.2. The lowest BCUT2D eigenvalue weighted by atomic mass is 9.91. The number of amides is 6. The number of unbranched alkanes of at least 4 members (excludes halogenated alkanes) is 4. The molecule has 26 nitrogen and oxygen atoms in total. The fourth-order valence-corrected chi connectivity index (χ4v) is 12.2. The minimum Gasteiger partial charge on any atom is -0.494 e. The molecular weight excluding hydrogens is 1240 g/mol. The summed E-state index contributed by atoms with van der Waals surface area (Å²) in [6.07, 6.45) is 12.2. The van der Waals surface area contributed by atoms with Gasteiger partial charge in [-0.2, -0.15) is 0 Å². The van der Waals surface area contributed by atoms with Gasteiger partial charge in [0.15, 0.2) is 0 Å². The van der Waals surface area contributed by atoms with Gasteiger partial charge >= 0.3 is 17.9 Å². The first-order chi connectivity index (χ1) is 46.0. The first-order valence-corrected chi connectivity index (χ1v) is 33.7. The number of carboxylic acid groups (broad SMARTS) is 3. The van der Waals surface area contributed by atoms with Crippen molar-refractivity contribution in [3.05, 3.63) is 71.4 Å². The van der Waals surface area contributed by atoms with Crippen LogP contribution in [0.3, 0.4) is 0 Å². The number of ether oxygens (including phenoxy) is 1. The number of halogens is 2. The predicted molar refractivity (Wildman–Crippen MR) is 358 cm³/mol. The lowest BCUT2D eigenvalue weighted by molar-refractivity contribution is -0.140. The van der Waals surface area contributed by atoms with E-state index in [0.717, 1.165) is 43.4 Å². The van der Waals surface area contributed by atoms with Crippen molar-refractivity contribution in [3.63, 3.8) is 0 Å². The fourth-order valence-electron chi connectivity index (χ4n) is 12.2. The number of amidine groups is 1. The maximum atomic E-state index is 14.1. The zero-order valence-corrected chi connectivity index (χ0v) is 56.0. The molecule has 4 heterocycles. The van der Waals surface area contributed by atoms with Crippen molar-refractivity contribution in [3.8, 4) is 5.75 Å². The standard InChI is InChI=1S/C68H99F2N13O13/c1-49-17-19-51(20-18-49)13-11-15-59(84)76-50(2)72-26-9-6-14-58(77-60(85)44-78-31-33-79(45-63(88)89)35-37-81(47-65(92)93)38-36-80(34-32-78)46-64(90)91)67(95)74-27-8-4-5-16-61(86)82-29-24-52(25-30-82)12-7-10-39-96-54-21-22-57-56(40-54)55(23-28-73-57)66(94)75-43-62(87)83-48-68(69,70)41-53(83)42-71-3/h17-23,28,40,42,52-53,58H,4-16,24-27,29-39,41,43-48H2,1-3H3,(H,74,95)(H,75,94)(H,77,85)(H,88,89)(H,90,91)(H,92,93)(H,72,76,84)/b71-42+/t53-,58+/m1/s1. The van der Waals surface area contributed by atoms with Gasteiger partial charge in [0.1, 0.15) is 11.8 Å². The summed E-state index contributed by atoms with van der Waals surface area (Å²) in [5.41, 5.74) is 3.15. The molecule has 0 saturated carbocycles. The molecule has 28 heteroatoms. The van der Waals surface area contributed by atoms with Gasteiger partial charge in [0.05, 0.1) is 68.8 Å². The number of pyridine rings is 1. The number of nitrogens with one attached hydrogen (secondary N) is 4. The molecular formula is C68H99F2N13O13. The van der Waals surface area contributed by atoms with Crippen LogP contribution in [0, 0.1) is 12.8 Å². The number of aryl methyl sites for hydroxylation is 2. The number of benzene rings is 2. The van der Waals surface area contributed by atoms with Gasteiger partial charge in [-0.3, -0.25) is 77.7 Å². The Morgan fingerprint density at radius 3 is 1.97 bits per heavy atom. The van der Waals surface area contributed by atoms with E-state index >= 15 is 0 Å². The molecule has 0 bridgehead atoms. The number of alkyl halides is 2. The average Bonchev–Trinajstić information content (AvgIpc) is 1.50. The van der Waals surface area contributed by atoms with Gasteiger partial charge in [0, 0.05) is 123 Å². The number of hydrogen-bond donors (Lipinski definition) is 7. The number of nitrogens with zero attached hydrogens (tertiary/aromatic N) is 9. The van der Waals surface area contributed by atoms with E-state index in [0.29, 0.717) is 113 Å². The van der Waals surface area contributed by atoms with Crippen molar-refractivity contribution in [2.24, 2.45) is 15.9 Å². The predicted octanol–water partition coefficient (Wildman–Crippen LogP) is 4.36. The number of carboxylic acids is 3. The van der Waals surface area contributed by atoms with E-state index in [1.165, 1.54) is 36.7 Å². The van der Waals surface area contributed by atoms with Crippen LogP contribution in [0.4, 0.5) is 8.78 Å². The van der Waals surface area contributed by atoms with Gasteiger partial charge in [-0.15, -0.1) is 0 Å². The van der Waals surface area contributed by atoms with Crippen molar-refractivity contribution < 1.29 is 72.0 Å². The third-order valence-electron chi connectivity index (χ3n) is 17.5. The maximum absolute atomic E-state index is 14.1. The molecule has 3 saturated heterocycles. The van der Waals surface area contributed by atoms with Crippen molar-refractivity contribution in [1.82, 2.24) is 55.7 Å². The molecule has 1 aromatic heterocycles. The van der Waals surface area contributed by atoms with E-state index in [1.807, 2.05) is 24.0 Å². The first kappa shape index (κ1) is 76.9. The molecule has 3 aliphatic rings. The Bertz CT molecular complexity index is 3080. The topological polar surface area (TPSA) is 329 Å². The van der Waals surface area contributed by atoms with Crippen LogP contribution in [0.2, 0.25) is 0 Å². The van der Waals surface area contributed by atoms with Crippen LogP contribution in [0.5, 0.6) is 5.75 Å². The highest BCUT2D eigenvalue weighted by Gasteiger charge is 2.46. The van der Waals surface area contributed by atoms with Gasteiger partial charge in [-0.05, 0) is 120 Å². The number of carbonyl (C=O) groups excluding carboxylic acids is 6. The first-order valence-electron chi connectivity index (χ1n) is 33.7. The van der Waals surface area contributed by atoms with E-state index < -0.39 is 73.1 Å². The second-order valence-electron chi connectivity index (χ2n) is 25.3. The molecule has 0 unspecified atom stereocenters. The van der Waals surface area contributed by atoms with E-state index in [4.69, 9.17) is 4.74 Å². The summed E-state index contributed by atoms with van der Waals surface area (Å²) < 4.78 is 34.4. The van der Waals surface area contributed by atoms with Crippen LogP contribution in [-0.2, 0) is 44.8 Å². The summed E-state index contributed by atoms with van der Waals surface area (Å²) in [7, 11) is 1.45. The van der Waals surface area contributed by atoms with Crippen LogP contribution in [0.25, 0.3) is 10.9 Å². The molecule has 2 atom stereocenters. The summed E-state index contributed by atoms with van der Waals surface area (Å²) in [6.45, 7) is 5.72. The molecule has 0 spiro atoms. The van der Waals surface area contributed by atoms with E-state index in [9.17, 15) is 67.3 Å². The van der Waals surface area contributed by atoms with Gasteiger partial charge in [0.25, 0.3) is 11.8 Å². The number of fused-ring (bicyclic) bond motifs is 1. The maximum Gasteiger partial charge on any atom is 0.317 e. The van der Waals surface area contributed by atoms with Crippen LogP contribution >= 0.6 is 0 Å². The second-order valence-corrected chi connectivity index (χ2v) is 25.3. The van der Waals surface area contributed by atoms with Crippen LogP contribution in [0.15, 0.2) is 64.7 Å². The highest BCUT2D eigenvalue weighted by atomic mass is 19.3. The number of aromatic nitrogens is 1. The van der Waals surface area contributed by atoms with Crippen LogP contribution in [-0.4, -0.2) is 265 Å². The van der Waals surface area contributed by atoms with Crippen molar-refractivity contribution >= 4 is 76.3 Å². The van der Waals surface area contributed by atoms with E-state index in [2.05, 4.69) is 48.4 Å². The zero-order chi connectivity index (χ0) is 69.4. The highest BCUT2D eigenvalue weighted by molar-refractivity contribution is 6.07. The number of carbonyl (C=O) groups is 9. The number of piperidine rings is 1. The minimum atomic E-state index is -3.04. The number of rotatable bonds is 35. The van der Waals surface area contributed by atoms with Gasteiger partial charge in [-0.1, -0.05) is 42.7 Å². The number of aliphatic imine (C=N–C) groups is 2. The molecule has 528 valence electrons. The number of aliphatic carboxylic acids is 3. The molecule has 0 aliphatic carbocycles. The Morgan fingerprint density at radius 2 is 1.34 bits per heavy atom. The number of hydrogen-bond acceptors (Lipinski definition) is 17. The van der Waals surface area contributed by atoms with Crippen molar-refractivity contribution in [2.45, 2.75) is 135 Å². The monoisotopic (exact) mass is 1340 g/mol. The lowest BCUT2D eigenvalue weighted by Crippen LogP contribution is -2.52. The summed E-state index contributed by atoms with van der Waals surface area (Å²) >= 11 is 0. The largest absolute Gasteiger partial charge is 0.494 e. The Morgan fingerprint density at radius 1 is 0.708 bits per heavy atom. The Balaban J connectivity index is 0.920. The van der Waals surface area contributed by atoms with Crippen molar-refractivity contribution in [2.75, 3.05) is 131 Å². The third kappa shape index (κ3) is 28.3. The Kier molecular flexibility index (Phi) is 32.4. The number of likely N-dealkylation sites (tertiary alicyclic amines) is 2. The quantitative estimate of drug-likeness (QED) is 0.0244. The van der Waals surface area contributed by atoms with Crippen LogP contribution in [0.1, 0.15) is 125 Å². The van der Waals surface area contributed by atoms with Gasteiger partial charge < -0.3 is 51.1 Å². The summed E-state index contributed by atoms with van der Waals surface area (Å²) in [4.78, 5) is 138. The zero-order valence-electron chi connectivity index (χ0n) is 56.0. The Labute approximate surface area is 561 Å². The van der Waals surface area contributed by atoms with Crippen molar-refractivity contribution in [1.29, 1.82) is 0 Å².